The van der Waals surface area contributed by atoms with Crippen LogP contribution in [-0.2, 0) is 42.5 Å². The molecule has 2 fully saturated rings. The van der Waals surface area contributed by atoms with Gasteiger partial charge in [0.2, 0.25) is 5.91 Å². The molecule has 0 aromatic heterocycles. The average Bonchev–Trinajstić information content (AvgIpc) is 3.64. The van der Waals surface area contributed by atoms with Gasteiger partial charge < -0.3 is 39.7 Å². The maximum atomic E-state index is 14.0. The maximum Gasteiger partial charge on any atom is 0.336 e. The van der Waals surface area contributed by atoms with Crippen molar-refractivity contribution in [3.8, 4) is 5.75 Å². The van der Waals surface area contributed by atoms with Crippen molar-refractivity contribution in [1.29, 1.82) is 0 Å². The first-order chi connectivity index (χ1) is 21.9. The molecule has 2 unspecified atom stereocenters. The van der Waals surface area contributed by atoms with E-state index in [0.717, 1.165) is 32.4 Å². The van der Waals surface area contributed by atoms with E-state index in [2.05, 4.69) is 17.0 Å². The Labute approximate surface area is 271 Å². The van der Waals surface area contributed by atoms with Gasteiger partial charge in [-0.2, -0.15) is 0 Å². The highest BCUT2D eigenvalue weighted by Gasteiger charge is 2.44. The Morgan fingerprint density at radius 1 is 1.07 bits per heavy atom. The van der Waals surface area contributed by atoms with Gasteiger partial charge in [0.1, 0.15) is 5.75 Å². The normalized spacial score (nSPS) is 21.0. The van der Waals surface area contributed by atoms with E-state index in [1.54, 1.807) is 4.90 Å². The number of hydrogen-bond donors (Lipinski definition) is 4. The fraction of sp³-hybridized carbons (Fsp3) is 0.515. The lowest BCUT2D eigenvalue weighted by Gasteiger charge is -2.40. The van der Waals surface area contributed by atoms with E-state index in [1.165, 1.54) is 29.3 Å². The minimum Gasteiger partial charge on any atom is -0.481 e. The number of nitrogens with zero attached hydrogens (tertiary/aromatic N) is 2. The van der Waals surface area contributed by atoms with Gasteiger partial charge in [-0.1, -0.05) is 35.9 Å². The van der Waals surface area contributed by atoms with E-state index < -0.39 is 42.3 Å². The van der Waals surface area contributed by atoms with Crippen molar-refractivity contribution < 1.29 is 49.1 Å². The SMILES string of the molecule is O=C(O)CC(O)(CC(=O)Oc1ccc(Cl)c(CC(CN2CCC3(CC2)OCc2ccccc23)C(=O)N2CCC[C@H]2CO)c1)C(=O)O. The molecule has 3 atom stereocenters. The quantitative estimate of drug-likeness (QED) is 0.195. The number of aliphatic carboxylic acids is 2. The summed E-state index contributed by atoms with van der Waals surface area (Å²) in [6, 6.07) is 12.4. The molecule has 0 aliphatic carbocycles. The Bertz CT molecular complexity index is 1480. The van der Waals surface area contributed by atoms with Crippen LogP contribution in [0.3, 0.4) is 0 Å². The lowest BCUT2D eigenvalue weighted by Crippen LogP contribution is -2.49. The number of aliphatic hydroxyl groups excluding tert-OH is 1. The molecule has 12 nitrogen and oxygen atoms in total. The zero-order chi connectivity index (χ0) is 33.1. The van der Waals surface area contributed by atoms with E-state index in [4.69, 9.17) is 26.2 Å². The van der Waals surface area contributed by atoms with Gasteiger partial charge in [0.05, 0.1) is 43.6 Å². The van der Waals surface area contributed by atoms with Crippen LogP contribution in [0.25, 0.3) is 0 Å². The summed E-state index contributed by atoms with van der Waals surface area (Å²) in [6.07, 6.45) is 1.01. The standard InChI is InChI=1S/C33H39ClN2O10/c34-27-8-7-25(46-29(40)17-32(44,31(42)43)16-28(38)39)15-22(27)14-23(30(41)36-11-3-5-24(36)19-37)18-35-12-9-33(10-13-35)26-6-2-1-4-21(26)20-45-33/h1-2,4,6-8,15,23-24,37,44H,3,5,9-14,16-20H2,(H,38,39)(H,42,43)/t23?,24-,32?/m0/s1. The van der Waals surface area contributed by atoms with Crippen LogP contribution in [0.1, 0.15) is 55.2 Å². The maximum absolute atomic E-state index is 14.0. The Hall–Kier alpha value is -3.55. The third kappa shape index (κ3) is 7.37. The molecular weight excluding hydrogens is 620 g/mol. The summed E-state index contributed by atoms with van der Waals surface area (Å²) in [7, 11) is 0. The lowest BCUT2D eigenvalue weighted by molar-refractivity contribution is -0.169. The third-order valence-corrected chi connectivity index (χ3v) is 9.74. The summed E-state index contributed by atoms with van der Waals surface area (Å²) in [5.74, 6) is -5.22. The first-order valence-corrected chi connectivity index (χ1v) is 15.8. The highest BCUT2D eigenvalue weighted by atomic mass is 35.5. The predicted molar refractivity (Wildman–Crippen MR) is 164 cm³/mol. The van der Waals surface area contributed by atoms with Crippen LogP contribution in [0.2, 0.25) is 5.02 Å². The molecule has 2 saturated heterocycles. The van der Waals surface area contributed by atoms with E-state index >= 15 is 0 Å². The summed E-state index contributed by atoms with van der Waals surface area (Å²) in [5.41, 5.74) is -0.216. The number of ether oxygens (including phenoxy) is 2. The Kier molecular flexibility index (Phi) is 10.3. The van der Waals surface area contributed by atoms with Gasteiger partial charge in [-0.15, -0.1) is 0 Å². The predicted octanol–water partition coefficient (Wildman–Crippen LogP) is 2.59. The first kappa shape index (κ1) is 33.8. The van der Waals surface area contributed by atoms with Crippen LogP contribution >= 0.6 is 11.6 Å². The van der Waals surface area contributed by atoms with E-state index in [9.17, 15) is 34.5 Å². The second-order valence-electron chi connectivity index (χ2n) is 12.5. The smallest absolute Gasteiger partial charge is 0.336 e. The molecule has 46 heavy (non-hydrogen) atoms. The highest BCUT2D eigenvalue weighted by molar-refractivity contribution is 6.31. The minimum absolute atomic E-state index is 0.00466. The van der Waals surface area contributed by atoms with E-state index in [1.807, 2.05) is 12.1 Å². The van der Waals surface area contributed by atoms with Crippen molar-refractivity contribution in [2.45, 2.75) is 68.8 Å². The number of piperidine rings is 1. The average molecular weight is 659 g/mol. The van der Waals surface area contributed by atoms with Crippen LogP contribution in [0, 0.1) is 5.92 Å². The second-order valence-corrected chi connectivity index (χ2v) is 12.9. The van der Waals surface area contributed by atoms with Crippen LogP contribution in [0.5, 0.6) is 5.75 Å². The number of carbonyl (C=O) groups is 4. The molecule has 3 heterocycles. The Balaban J connectivity index is 1.31. The van der Waals surface area contributed by atoms with Crippen molar-refractivity contribution >= 4 is 35.4 Å². The van der Waals surface area contributed by atoms with Crippen molar-refractivity contribution in [1.82, 2.24) is 9.80 Å². The van der Waals surface area contributed by atoms with Gasteiger partial charge in [0.25, 0.3) is 0 Å². The van der Waals surface area contributed by atoms with Gasteiger partial charge in [0, 0.05) is 31.2 Å². The summed E-state index contributed by atoms with van der Waals surface area (Å²) in [6.45, 7) is 2.88. The molecule has 3 aliphatic rings. The number of carboxylic acid groups (broad SMARTS) is 2. The van der Waals surface area contributed by atoms with E-state index in [0.29, 0.717) is 36.7 Å². The number of benzene rings is 2. The molecule has 1 spiro atoms. The molecule has 4 N–H and O–H groups in total. The van der Waals surface area contributed by atoms with Crippen molar-refractivity contribution in [2.24, 2.45) is 5.92 Å². The van der Waals surface area contributed by atoms with Crippen LogP contribution in [0.4, 0.5) is 0 Å². The number of amides is 1. The molecule has 2 aromatic carbocycles. The number of carbonyl (C=O) groups excluding carboxylic acids is 2. The summed E-state index contributed by atoms with van der Waals surface area (Å²) >= 11 is 6.56. The number of rotatable bonds is 12. The fourth-order valence-corrected chi connectivity index (χ4v) is 7.09. The molecule has 0 radical (unpaired) electrons. The molecular formula is C33H39ClN2O10. The summed E-state index contributed by atoms with van der Waals surface area (Å²) in [4.78, 5) is 53.0. The molecule has 3 aliphatic heterocycles. The second kappa shape index (κ2) is 14.1. The van der Waals surface area contributed by atoms with Crippen molar-refractivity contribution in [3.63, 3.8) is 0 Å². The number of hydrogen-bond acceptors (Lipinski definition) is 9. The molecule has 1 amide bonds. The van der Waals surface area contributed by atoms with E-state index in [-0.39, 0.29) is 36.3 Å². The van der Waals surface area contributed by atoms with Crippen LogP contribution in [0.15, 0.2) is 42.5 Å². The Morgan fingerprint density at radius 2 is 1.80 bits per heavy atom. The number of aliphatic hydroxyl groups is 2. The fourth-order valence-electron chi connectivity index (χ4n) is 6.89. The van der Waals surface area contributed by atoms with Gasteiger partial charge in [-0.05, 0) is 67.0 Å². The molecule has 13 heteroatoms. The molecule has 0 bridgehead atoms. The third-order valence-electron chi connectivity index (χ3n) is 9.37. The Morgan fingerprint density at radius 3 is 2.50 bits per heavy atom. The summed E-state index contributed by atoms with van der Waals surface area (Å²) in [5, 5.41) is 38.8. The highest BCUT2D eigenvalue weighted by Crippen LogP contribution is 2.44. The number of fused-ring (bicyclic) bond motifs is 2. The van der Waals surface area contributed by atoms with Crippen molar-refractivity contribution in [2.75, 3.05) is 32.8 Å². The monoisotopic (exact) mass is 658 g/mol. The molecule has 2 aromatic rings. The molecule has 248 valence electrons. The van der Waals surface area contributed by atoms with Gasteiger partial charge in [0.15, 0.2) is 5.60 Å². The first-order valence-electron chi connectivity index (χ1n) is 15.5. The number of halogens is 1. The number of likely N-dealkylation sites (tertiary alicyclic amines) is 2. The topological polar surface area (TPSA) is 174 Å². The minimum atomic E-state index is -2.84. The van der Waals surface area contributed by atoms with Gasteiger partial charge >= 0.3 is 17.9 Å². The summed E-state index contributed by atoms with van der Waals surface area (Å²) < 4.78 is 11.6. The van der Waals surface area contributed by atoms with Gasteiger partial charge in [-0.3, -0.25) is 14.4 Å². The zero-order valence-electron chi connectivity index (χ0n) is 25.4. The molecule has 5 rings (SSSR count). The number of esters is 1. The lowest BCUT2D eigenvalue weighted by atomic mass is 9.83. The van der Waals surface area contributed by atoms with Crippen molar-refractivity contribution in [3.05, 3.63) is 64.2 Å². The zero-order valence-corrected chi connectivity index (χ0v) is 26.2. The molecule has 0 saturated carbocycles. The van der Waals surface area contributed by atoms with Gasteiger partial charge in [-0.25, -0.2) is 4.79 Å². The number of carboxylic acids is 2. The van der Waals surface area contributed by atoms with Crippen LogP contribution in [-0.4, -0.2) is 98.5 Å². The largest absolute Gasteiger partial charge is 0.481 e. The van der Waals surface area contributed by atoms with Crippen LogP contribution < -0.4 is 4.74 Å².